The normalized spacial score (nSPS) is 9.53. The topological polar surface area (TPSA) is 50.4 Å². The zero-order valence-corrected chi connectivity index (χ0v) is 9.26. The number of amides is 2. The lowest BCUT2D eigenvalue weighted by atomic mass is 10.2. The number of carbonyl (C=O) groups is 1. The predicted molar refractivity (Wildman–Crippen MR) is 60.4 cm³/mol. The van der Waals surface area contributed by atoms with Crippen LogP contribution in [0.15, 0.2) is 18.2 Å². The summed E-state index contributed by atoms with van der Waals surface area (Å²) in [5, 5.41) is 5.22. The Labute approximate surface area is 89.6 Å². The molecule has 0 aromatic heterocycles. The van der Waals surface area contributed by atoms with Gasteiger partial charge in [-0.05, 0) is 37.6 Å². The van der Waals surface area contributed by atoms with Crippen LogP contribution in [-0.2, 0) is 0 Å². The van der Waals surface area contributed by atoms with Crippen LogP contribution >= 0.6 is 0 Å². The van der Waals surface area contributed by atoms with E-state index in [1.165, 1.54) is 0 Å². The molecule has 0 unspecified atom stereocenters. The number of rotatable bonds is 3. The van der Waals surface area contributed by atoms with Crippen LogP contribution in [0, 0.1) is 6.92 Å². The standard InChI is InChI=1S/C11H16N2O2/c1-4-15-9-5-6-10(8(2)7-9)13-11(14)12-3/h5-7H,4H2,1-3H3,(H2,12,13,14). The molecule has 2 N–H and O–H groups in total. The molecule has 0 aliphatic carbocycles. The average Bonchev–Trinajstić information content (AvgIpc) is 2.22. The largest absolute Gasteiger partial charge is 0.494 e. The van der Waals surface area contributed by atoms with Gasteiger partial charge in [-0.15, -0.1) is 0 Å². The van der Waals surface area contributed by atoms with Gasteiger partial charge in [0.2, 0.25) is 0 Å². The van der Waals surface area contributed by atoms with Crippen molar-refractivity contribution in [3.63, 3.8) is 0 Å². The van der Waals surface area contributed by atoms with E-state index in [1.54, 1.807) is 7.05 Å². The van der Waals surface area contributed by atoms with Crippen molar-refractivity contribution in [3.8, 4) is 5.75 Å². The van der Waals surface area contributed by atoms with Gasteiger partial charge in [-0.25, -0.2) is 4.79 Å². The summed E-state index contributed by atoms with van der Waals surface area (Å²) in [5.74, 6) is 0.817. The van der Waals surface area contributed by atoms with E-state index in [-0.39, 0.29) is 6.03 Å². The van der Waals surface area contributed by atoms with Crippen LogP contribution in [0.2, 0.25) is 0 Å². The van der Waals surface area contributed by atoms with Gasteiger partial charge in [0.25, 0.3) is 0 Å². The summed E-state index contributed by atoms with van der Waals surface area (Å²) in [6.45, 7) is 4.50. The summed E-state index contributed by atoms with van der Waals surface area (Å²) in [4.78, 5) is 11.1. The van der Waals surface area contributed by atoms with E-state index >= 15 is 0 Å². The number of ether oxygens (including phenoxy) is 1. The number of carbonyl (C=O) groups excluding carboxylic acids is 1. The van der Waals surface area contributed by atoms with Crippen molar-refractivity contribution in [2.75, 3.05) is 19.0 Å². The summed E-state index contributed by atoms with van der Waals surface area (Å²) in [6.07, 6.45) is 0. The molecule has 82 valence electrons. The van der Waals surface area contributed by atoms with Gasteiger partial charge in [0.15, 0.2) is 0 Å². The van der Waals surface area contributed by atoms with Gasteiger partial charge in [0, 0.05) is 12.7 Å². The van der Waals surface area contributed by atoms with Crippen molar-refractivity contribution in [2.24, 2.45) is 0 Å². The Balaban J connectivity index is 2.78. The molecule has 15 heavy (non-hydrogen) atoms. The number of nitrogens with one attached hydrogen (secondary N) is 2. The van der Waals surface area contributed by atoms with Crippen molar-refractivity contribution in [1.29, 1.82) is 0 Å². The fraction of sp³-hybridized carbons (Fsp3) is 0.364. The molecule has 0 aliphatic heterocycles. The molecule has 4 heteroatoms. The van der Waals surface area contributed by atoms with Gasteiger partial charge < -0.3 is 15.4 Å². The number of anilines is 1. The lowest BCUT2D eigenvalue weighted by molar-refractivity contribution is 0.254. The van der Waals surface area contributed by atoms with E-state index in [1.807, 2.05) is 32.0 Å². The lowest BCUT2D eigenvalue weighted by Gasteiger charge is -2.10. The minimum absolute atomic E-state index is 0.220. The second-order valence-corrected chi connectivity index (χ2v) is 3.11. The molecule has 0 atom stereocenters. The number of aryl methyl sites for hydroxylation is 1. The minimum atomic E-state index is -0.220. The van der Waals surface area contributed by atoms with Gasteiger partial charge in [0.1, 0.15) is 5.75 Å². The highest BCUT2D eigenvalue weighted by molar-refractivity contribution is 5.89. The summed E-state index contributed by atoms with van der Waals surface area (Å²) >= 11 is 0. The van der Waals surface area contributed by atoms with E-state index in [2.05, 4.69) is 10.6 Å². The predicted octanol–water partition coefficient (Wildman–Crippen LogP) is 2.15. The second kappa shape index (κ2) is 5.24. The van der Waals surface area contributed by atoms with Crippen LogP contribution < -0.4 is 15.4 Å². The van der Waals surface area contributed by atoms with Crippen molar-refractivity contribution >= 4 is 11.7 Å². The fourth-order valence-electron chi connectivity index (χ4n) is 1.22. The van der Waals surface area contributed by atoms with E-state index in [9.17, 15) is 4.79 Å². The second-order valence-electron chi connectivity index (χ2n) is 3.11. The molecule has 0 fully saturated rings. The highest BCUT2D eigenvalue weighted by atomic mass is 16.5. The molecule has 4 nitrogen and oxygen atoms in total. The molecule has 2 amide bonds. The summed E-state index contributed by atoms with van der Waals surface area (Å²) in [7, 11) is 1.58. The molecule has 0 bridgehead atoms. The number of urea groups is 1. The van der Waals surface area contributed by atoms with Crippen LogP contribution in [0.1, 0.15) is 12.5 Å². The first-order valence-corrected chi connectivity index (χ1v) is 4.89. The van der Waals surface area contributed by atoms with Crippen LogP contribution in [0.4, 0.5) is 10.5 Å². The lowest BCUT2D eigenvalue weighted by Crippen LogP contribution is -2.24. The van der Waals surface area contributed by atoms with Gasteiger partial charge in [-0.3, -0.25) is 0 Å². The number of benzene rings is 1. The Bertz CT molecular complexity index is 350. The van der Waals surface area contributed by atoms with Crippen molar-refractivity contribution in [2.45, 2.75) is 13.8 Å². The third-order valence-electron chi connectivity index (χ3n) is 1.98. The molecular formula is C11H16N2O2. The Hall–Kier alpha value is -1.71. The maximum Gasteiger partial charge on any atom is 0.318 e. The van der Waals surface area contributed by atoms with Gasteiger partial charge in [-0.1, -0.05) is 0 Å². The highest BCUT2D eigenvalue weighted by Crippen LogP contribution is 2.21. The molecule has 0 saturated carbocycles. The monoisotopic (exact) mass is 208 g/mol. The number of hydrogen-bond acceptors (Lipinski definition) is 2. The average molecular weight is 208 g/mol. The van der Waals surface area contributed by atoms with Crippen molar-refractivity contribution in [1.82, 2.24) is 5.32 Å². The quantitative estimate of drug-likeness (QED) is 0.799. The molecule has 0 aliphatic rings. The molecular weight excluding hydrogens is 192 g/mol. The van der Waals surface area contributed by atoms with E-state index < -0.39 is 0 Å². The van der Waals surface area contributed by atoms with Crippen molar-refractivity contribution < 1.29 is 9.53 Å². The molecule has 0 radical (unpaired) electrons. The molecule has 1 aromatic carbocycles. The van der Waals surface area contributed by atoms with E-state index in [0.29, 0.717) is 6.61 Å². The Morgan fingerprint density at radius 3 is 2.73 bits per heavy atom. The van der Waals surface area contributed by atoms with Crippen LogP contribution in [0.25, 0.3) is 0 Å². The number of hydrogen-bond donors (Lipinski definition) is 2. The molecule has 1 rings (SSSR count). The Morgan fingerprint density at radius 2 is 2.20 bits per heavy atom. The van der Waals surface area contributed by atoms with E-state index in [4.69, 9.17) is 4.74 Å². The molecule has 1 aromatic rings. The first kappa shape index (κ1) is 11.4. The molecule has 0 spiro atoms. The molecule has 0 heterocycles. The zero-order chi connectivity index (χ0) is 11.3. The zero-order valence-electron chi connectivity index (χ0n) is 9.26. The SMILES string of the molecule is CCOc1ccc(NC(=O)NC)c(C)c1. The van der Waals surface area contributed by atoms with E-state index in [0.717, 1.165) is 17.0 Å². The summed E-state index contributed by atoms with van der Waals surface area (Å²) in [6, 6.07) is 5.34. The van der Waals surface area contributed by atoms with Gasteiger partial charge in [0.05, 0.1) is 6.61 Å². The van der Waals surface area contributed by atoms with Crippen LogP contribution in [-0.4, -0.2) is 19.7 Å². The Kier molecular flexibility index (Phi) is 3.97. The van der Waals surface area contributed by atoms with Gasteiger partial charge in [-0.2, -0.15) is 0 Å². The third kappa shape index (κ3) is 3.16. The highest BCUT2D eigenvalue weighted by Gasteiger charge is 2.03. The smallest absolute Gasteiger partial charge is 0.318 e. The summed E-state index contributed by atoms with van der Waals surface area (Å²) in [5.41, 5.74) is 1.77. The fourth-order valence-corrected chi connectivity index (χ4v) is 1.22. The Morgan fingerprint density at radius 1 is 1.47 bits per heavy atom. The first-order valence-electron chi connectivity index (χ1n) is 4.89. The van der Waals surface area contributed by atoms with Gasteiger partial charge >= 0.3 is 6.03 Å². The third-order valence-corrected chi connectivity index (χ3v) is 1.98. The maximum atomic E-state index is 11.1. The van der Waals surface area contributed by atoms with Crippen molar-refractivity contribution in [3.05, 3.63) is 23.8 Å². The van der Waals surface area contributed by atoms with Crippen LogP contribution in [0.5, 0.6) is 5.75 Å². The maximum absolute atomic E-state index is 11.1. The molecule has 0 saturated heterocycles. The first-order chi connectivity index (χ1) is 7.17. The minimum Gasteiger partial charge on any atom is -0.494 e. The summed E-state index contributed by atoms with van der Waals surface area (Å²) < 4.78 is 5.34. The van der Waals surface area contributed by atoms with Crippen LogP contribution in [0.3, 0.4) is 0 Å².